The van der Waals surface area contributed by atoms with Crippen LogP contribution >= 0.6 is 0 Å². The second-order valence-corrected chi connectivity index (χ2v) is 6.97. The largest absolute Gasteiger partial charge is 0.390 e. The van der Waals surface area contributed by atoms with Gasteiger partial charge in [-0.05, 0) is 71.2 Å². The SMILES string of the molecule is Cc1cccc(C)c1CC(C)(O)CCNC(C)(C)C. The van der Waals surface area contributed by atoms with E-state index in [9.17, 15) is 5.11 Å². The first kappa shape index (κ1) is 16.2. The van der Waals surface area contributed by atoms with Gasteiger partial charge in [-0.3, -0.25) is 0 Å². The van der Waals surface area contributed by atoms with Crippen LogP contribution in [-0.2, 0) is 6.42 Å². The molecule has 2 heteroatoms. The van der Waals surface area contributed by atoms with Gasteiger partial charge in [0, 0.05) is 12.0 Å². The van der Waals surface area contributed by atoms with Crippen LogP contribution in [0.25, 0.3) is 0 Å². The van der Waals surface area contributed by atoms with Gasteiger partial charge in [0.1, 0.15) is 0 Å². The Bertz CT molecular complexity index is 396. The molecular formula is C17H29NO. The van der Waals surface area contributed by atoms with E-state index in [1.54, 1.807) is 0 Å². The Labute approximate surface area is 118 Å². The Morgan fingerprint density at radius 2 is 1.58 bits per heavy atom. The first-order chi connectivity index (χ1) is 8.61. The average molecular weight is 263 g/mol. The molecule has 1 rings (SSSR count). The molecule has 0 saturated carbocycles. The highest BCUT2D eigenvalue weighted by atomic mass is 16.3. The molecule has 0 radical (unpaired) electrons. The van der Waals surface area contributed by atoms with E-state index < -0.39 is 5.60 Å². The molecule has 0 saturated heterocycles. The highest BCUT2D eigenvalue weighted by molar-refractivity contribution is 5.34. The number of rotatable bonds is 5. The third kappa shape index (κ3) is 5.75. The molecule has 0 heterocycles. The van der Waals surface area contributed by atoms with E-state index in [1.807, 2.05) is 6.92 Å². The third-order valence-electron chi connectivity index (χ3n) is 3.52. The van der Waals surface area contributed by atoms with Crippen LogP contribution in [0.4, 0.5) is 0 Å². The summed E-state index contributed by atoms with van der Waals surface area (Å²) in [6, 6.07) is 6.31. The Morgan fingerprint density at radius 1 is 1.05 bits per heavy atom. The number of aliphatic hydroxyl groups is 1. The van der Waals surface area contributed by atoms with E-state index in [0.717, 1.165) is 19.4 Å². The molecule has 0 aliphatic rings. The number of hydrogen-bond donors (Lipinski definition) is 2. The Hall–Kier alpha value is -0.860. The van der Waals surface area contributed by atoms with E-state index in [0.29, 0.717) is 0 Å². The maximum absolute atomic E-state index is 10.6. The zero-order valence-electron chi connectivity index (χ0n) is 13.3. The van der Waals surface area contributed by atoms with Crippen molar-refractivity contribution < 1.29 is 5.11 Å². The fraction of sp³-hybridized carbons (Fsp3) is 0.647. The molecule has 1 aromatic carbocycles. The van der Waals surface area contributed by atoms with Gasteiger partial charge in [0.05, 0.1) is 5.60 Å². The smallest absolute Gasteiger partial charge is 0.0672 e. The van der Waals surface area contributed by atoms with Crippen LogP contribution < -0.4 is 5.32 Å². The minimum atomic E-state index is -0.658. The van der Waals surface area contributed by atoms with Gasteiger partial charge in [-0.15, -0.1) is 0 Å². The van der Waals surface area contributed by atoms with Crippen molar-refractivity contribution in [3.8, 4) is 0 Å². The van der Waals surface area contributed by atoms with E-state index in [-0.39, 0.29) is 5.54 Å². The molecule has 0 amide bonds. The molecular weight excluding hydrogens is 234 g/mol. The number of aryl methyl sites for hydroxylation is 2. The molecule has 0 bridgehead atoms. The summed E-state index contributed by atoms with van der Waals surface area (Å²) in [5.41, 5.74) is 3.26. The van der Waals surface area contributed by atoms with Crippen molar-refractivity contribution in [1.82, 2.24) is 5.32 Å². The molecule has 19 heavy (non-hydrogen) atoms. The summed E-state index contributed by atoms with van der Waals surface area (Å²) in [4.78, 5) is 0. The van der Waals surface area contributed by atoms with Crippen LogP contribution in [0.1, 0.15) is 50.8 Å². The lowest BCUT2D eigenvalue weighted by Crippen LogP contribution is -2.40. The Morgan fingerprint density at radius 3 is 2.05 bits per heavy atom. The number of benzene rings is 1. The van der Waals surface area contributed by atoms with Crippen LogP contribution in [0.2, 0.25) is 0 Å². The molecule has 2 N–H and O–H groups in total. The van der Waals surface area contributed by atoms with Gasteiger partial charge < -0.3 is 10.4 Å². The van der Waals surface area contributed by atoms with Crippen LogP contribution in [0.5, 0.6) is 0 Å². The summed E-state index contributed by atoms with van der Waals surface area (Å²) >= 11 is 0. The zero-order valence-corrected chi connectivity index (χ0v) is 13.3. The summed E-state index contributed by atoms with van der Waals surface area (Å²) in [6.45, 7) is 13.4. The van der Waals surface area contributed by atoms with Crippen LogP contribution in [-0.4, -0.2) is 22.8 Å². The quantitative estimate of drug-likeness (QED) is 0.853. The number of hydrogen-bond acceptors (Lipinski definition) is 2. The normalized spacial score (nSPS) is 15.3. The maximum Gasteiger partial charge on any atom is 0.0672 e. The molecule has 1 unspecified atom stereocenters. The van der Waals surface area contributed by atoms with Gasteiger partial charge in [0.25, 0.3) is 0 Å². The van der Waals surface area contributed by atoms with Gasteiger partial charge in [-0.1, -0.05) is 18.2 Å². The highest BCUT2D eigenvalue weighted by Gasteiger charge is 2.23. The summed E-state index contributed by atoms with van der Waals surface area (Å²) in [7, 11) is 0. The van der Waals surface area contributed by atoms with Gasteiger partial charge in [0.2, 0.25) is 0 Å². The summed E-state index contributed by atoms with van der Waals surface area (Å²) in [5, 5.41) is 14.0. The fourth-order valence-electron chi connectivity index (χ4n) is 2.30. The molecule has 2 nitrogen and oxygen atoms in total. The van der Waals surface area contributed by atoms with Crippen molar-refractivity contribution in [2.24, 2.45) is 0 Å². The van der Waals surface area contributed by atoms with Gasteiger partial charge in [-0.2, -0.15) is 0 Å². The van der Waals surface area contributed by atoms with Crippen molar-refractivity contribution in [3.05, 3.63) is 34.9 Å². The monoisotopic (exact) mass is 263 g/mol. The van der Waals surface area contributed by atoms with E-state index in [4.69, 9.17) is 0 Å². The highest BCUT2D eigenvalue weighted by Crippen LogP contribution is 2.22. The van der Waals surface area contributed by atoms with Crippen molar-refractivity contribution in [2.45, 2.75) is 65.5 Å². The summed E-state index contributed by atoms with van der Waals surface area (Å²) in [6.07, 6.45) is 1.48. The molecule has 1 aromatic rings. The Balaban J connectivity index is 2.64. The third-order valence-corrected chi connectivity index (χ3v) is 3.52. The molecule has 0 aliphatic carbocycles. The topological polar surface area (TPSA) is 32.3 Å². The van der Waals surface area contributed by atoms with Crippen LogP contribution in [0.15, 0.2) is 18.2 Å². The second-order valence-electron chi connectivity index (χ2n) is 6.97. The lowest BCUT2D eigenvalue weighted by atomic mass is 9.88. The van der Waals surface area contributed by atoms with Crippen molar-refractivity contribution in [2.75, 3.05) is 6.54 Å². The lowest BCUT2D eigenvalue weighted by Gasteiger charge is -2.28. The van der Waals surface area contributed by atoms with Crippen molar-refractivity contribution in [1.29, 1.82) is 0 Å². The van der Waals surface area contributed by atoms with E-state index in [1.165, 1.54) is 16.7 Å². The predicted octanol–water partition coefficient (Wildman–Crippen LogP) is 3.38. The van der Waals surface area contributed by atoms with Crippen molar-refractivity contribution >= 4 is 0 Å². The minimum Gasteiger partial charge on any atom is -0.390 e. The second kappa shape index (κ2) is 6.06. The zero-order chi connectivity index (χ0) is 14.7. The van der Waals surface area contributed by atoms with Gasteiger partial charge in [-0.25, -0.2) is 0 Å². The first-order valence-electron chi connectivity index (χ1n) is 7.13. The minimum absolute atomic E-state index is 0.106. The van der Waals surface area contributed by atoms with Crippen LogP contribution in [0.3, 0.4) is 0 Å². The van der Waals surface area contributed by atoms with E-state index in [2.05, 4.69) is 58.1 Å². The van der Waals surface area contributed by atoms with Crippen molar-refractivity contribution in [3.63, 3.8) is 0 Å². The fourth-order valence-corrected chi connectivity index (χ4v) is 2.30. The van der Waals surface area contributed by atoms with E-state index >= 15 is 0 Å². The average Bonchev–Trinajstić information content (AvgIpc) is 2.21. The van der Waals surface area contributed by atoms with Gasteiger partial charge in [0.15, 0.2) is 0 Å². The molecule has 0 spiro atoms. The molecule has 0 aromatic heterocycles. The molecule has 108 valence electrons. The summed E-state index contributed by atoms with van der Waals surface area (Å²) < 4.78 is 0. The molecule has 0 aliphatic heterocycles. The standard InChI is InChI=1S/C17H29NO/c1-13-8-7-9-14(2)15(13)12-17(6,19)10-11-18-16(3,4)5/h7-9,18-19H,10-12H2,1-6H3. The maximum atomic E-state index is 10.6. The molecule has 1 atom stereocenters. The van der Waals surface area contributed by atoms with Gasteiger partial charge >= 0.3 is 0 Å². The molecule has 0 fully saturated rings. The lowest BCUT2D eigenvalue weighted by molar-refractivity contribution is 0.0496. The Kier molecular flexibility index (Phi) is 5.17. The van der Waals surface area contributed by atoms with Crippen LogP contribution in [0, 0.1) is 13.8 Å². The predicted molar refractivity (Wildman–Crippen MR) is 82.6 cm³/mol. The first-order valence-corrected chi connectivity index (χ1v) is 7.13. The summed E-state index contributed by atoms with van der Waals surface area (Å²) in [5.74, 6) is 0. The number of nitrogens with one attached hydrogen (secondary N) is 1.